The van der Waals surface area contributed by atoms with Gasteiger partial charge < -0.3 is 15.9 Å². The number of hydrogen-bond donors (Lipinski definition) is 3. The number of primary amides is 1. The zero-order chi connectivity index (χ0) is 13.9. The van der Waals surface area contributed by atoms with Crippen LogP contribution in [-0.2, 0) is 4.79 Å². The number of rotatable bonds is 5. The van der Waals surface area contributed by atoms with Gasteiger partial charge in [-0.05, 0) is 17.7 Å². The lowest BCUT2D eigenvalue weighted by molar-refractivity contribution is -0.385. The number of carbonyl (C=O) groups excluding carboxylic acids is 2. The summed E-state index contributed by atoms with van der Waals surface area (Å²) >= 11 is 0. The van der Waals surface area contributed by atoms with Crippen LogP contribution in [-0.4, -0.2) is 33.4 Å². The number of nitrogens with zero attached hydrogens (tertiary/aromatic N) is 1. The molecule has 0 aliphatic heterocycles. The highest BCUT2D eigenvalue weighted by Gasteiger charge is 2.25. The van der Waals surface area contributed by atoms with E-state index in [1.165, 1.54) is 0 Å². The molecule has 2 unspecified atom stereocenters. The van der Waals surface area contributed by atoms with Crippen molar-refractivity contribution >= 4 is 17.9 Å². The zero-order valence-electron chi connectivity index (χ0n) is 9.02. The fourth-order valence-electron chi connectivity index (χ4n) is 1.36. The maximum Gasteiger partial charge on any atom is 0.279 e. The number of nitrogens with two attached hydrogens (primary N) is 1. The highest BCUT2D eigenvalue weighted by atomic mass is 16.6. The Morgan fingerprint density at radius 2 is 2.06 bits per heavy atom. The third kappa shape index (κ3) is 2.67. The summed E-state index contributed by atoms with van der Waals surface area (Å²) < 4.78 is 0. The second-order valence-electron chi connectivity index (χ2n) is 3.49. The average molecular weight is 254 g/mol. The first-order chi connectivity index (χ1) is 8.38. The molecule has 0 saturated heterocycles. The van der Waals surface area contributed by atoms with Crippen LogP contribution in [0.5, 0.6) is 0 Å². The second-order valence-corrected chi connectivity index (χ2v) is 3.49. The first-order valence-corrected chi connectivity index (χ1v) is 4.77. The molecule has 2 atom stereocenters. The number of aliphatic hydroxyl groups is 2. The van der Waals surface area contributed by atoms with Crippen molar-refractivity contribution in [1.29, 1.82) is 0 Å². The summed E-state index contributed by atoms with van der Waals surface area (Å²) in [4.78, 5) is 31.2. The van der Waals surface area contributed by atoms with E-state index < -0.39 is 28.7 Å². The van der Waals surface area contributed by atoms with Crippen LogP contribution in [0, 0.1) is 10.1 Å². The van der Waals surface area contributed by atoms with Gasteiger partial charge >= 0.3 is 0 Å². The van der Waals surface area contributed by atoms with Crippen molar-refractivity contribution < 1.29 is 24.7 Å². The standard InChI is InChI=1S/C10H10N2O6/c11-10(16)9(15)8(14)5-1-2-7(12(17)18)6(3-5)4-13/h1-4,8-9,14-15H,(H2,11,16). The summed E-state index contributed by atoms with van der Waals surface area (Å²) in [5.74, 6) is -1.14. The molecule has 4 N–H and O–H groups in total. The Morgan fingerprint density at radius 3 is 2.50 bits per heavy atom. The van der Waals surface area contributed by atoms with Crippen molar-refractivity contribution in [3.05, 3.63) is 39.4 Å². The van der Waals surface area contributed by atoms with Gasteiger partial charge in [0.05, 0.1) is 10.5 Å². The van der Waals surface area contributed by atoms with E-state index in [1.54, 1.807) is 0 Å². The molecule has 0 aromatic heterocycles. The molecule has 8 nitrogen and oxygen atoms in total. The highest BCUT2D eigenvalue weighted by molar-refractivity contribution is 5.82. The summed E-state index contributed by atoms with van der Waals surface area (Å²) in [6, 6.07) is 3.14. The second kappa shape index (κ2) is 5.34. The Labute approximate surface area is 101 Å². The van der Waals surface area contributed by atoms with Gasteiger partial charge in [0, 0.05) is 6.07 Å². The Kier molecular flexibility index (Phi) is 4.08. The summed E-state index contributed by atoms with van der Waals surface area (Å²) in [6.45, 7) is 0. The van der Waals surface area contributed by atoms with Crippen LogP contribution < -0.4 is 5.73 Å². The van der Waals surface area contributed by atoms with Crippen LogP contribution in [0.2, 0.25) is 0 Å². The van der Waals surface area contributed by atoms with Crippen LogP contribution in [0.15, 0.2) is 18.2 Å². The molecule has 18 heavy (non-hydrogen) atoms. The summed E-state index contributed by atoms with van der Waals surface area (Å²) in [5, 5.41) is 29.4. The molecule has 0 heterocycles. The smallest absolute Gasteiger partial charge is 0.279 e. The number of nitro groups is 1. The number of hydrogen-bond acceptors (Lipinski definition) is 6. The van der Waals surface area contributed by atoms with Gasteiger partial charge in [0.2, 0.25) is 5.91 Å². The van der Waals surface area contributed by atoms with Gasteiger partial charge in [0.15, 0.2) is 12.4 Å². The lowest BCUT2D eigenvalue weighted by Gasteiger charge is -2.15. The quantitative estimate of drug-likeness (QED) is 0.359. The first-order valence-electron chi connectivity index (χ1n) is 4.77. The van der Waals surface area contributed by atoms with E-state index in [-0.39, 0.29) is 17.4 Å². The van der Waals surface area contributed by atoms with Gasteiger partial charge in [0.25, 0.3) is 5.69 Å². The minimum atomic E-state index is -1.86. The first kappa shape index (κ1) is 13.7. The maximum absolute atomic E-state index is 10.7. The molecule has 0 aliphatic rings. The molecular formula is C10H10N2O6. The predicted octanol–water partition coefficient (Wildman–Crippen LogP) is -0.713. The minimum absolute atomic E-state index is 0.0194. The Balaban J connectivity index is 3.17. The lowest BCUT2D eigenvalue weighted by atomic mass is 10.0. The minimum Gasteiger partial charge on any atom is -0.385 e. The average Bonchev–Trinajstić information content (AvgIpc) is 2.35. The Hall–Kier alpha value is -2.32. The molecular weight excluding hydrogens is 244 g/mol. The number of nitro benzene ring substituents is 1. The van der Waals surface area contributed by atoms with Crippen LogP contribution >= 0.6 is 0 Å². The third-order valence-corrected chi connectivity index (χ3v) is 2.31. The maximum atomic E-state index is 10.7. The highest BCUT2D eigenvalue weighted by Crippen LogP contribution is 2.23. The molecule has 0 bridgehead atoms. The molecule has 0 radical (unpaired) electrons. The van der Waals surface area contributed by atoms with Crippen LogP contribution in [0.25, 0.3) is 0 Å². The molecule has 96 valence electrons. The van der Waals surface area contributed by atoms with E-state index in [0.717, 1.165) is 18.2 Å². The molecule has 0 spiro atoms. The van der Waals surface area contributed by atoms with E-state index in [9.17, 15) is 29.9 Å². The topological polar surface area (TPSA) is 144 Å². The molecule has 1 rings (SSSR count). The normalized spacial score (nSPS) is 13.7. The van der Waals surface area contributed by atoms with Crippen molar-refractivity contribution in [2.45, 2.75) is 12.2 Å². The molecule has 8 heteroatoms. The lowest BCUT2D eigenvalue weighted by Crippen LogP contribution is -2.33. The SMILES string of the molecule is NC(=O)C(O)C(O)c1ccc([N+](=O)[O-])c(C=O)c1. The van der Waals surface area contributed by atoms with Crippen LogP contribution in [0.4, 0.5) is 5.69 Å². The van der Waals surface area contributed by atoms with Crippen LogP contribution in [0.3, 0.4) is 0 Å². The number of benzene rings is 1. The molecule has 1 aromatic carbocycles. The summed E-state index contributed by atoms with van der Waals surface area (Å²) in [6.07, 6.45) is -3.27. The van der Waals surface area contributed by atoms with Crippen molar-refractivity contribution in [2.24, 2.45) is 5.73 Å². The Morgan fingerprint density at radius 1 is 1.44 bits per heavy atom. The van der Waals surface area contributed by atoms with E-state index in [1.807, 2.05) is 0 Å². The van der Waals surface area contributed by atoms with Crippen molar-refractivity contribution in [3.63, 3.8) is 0 Å². The molecule has 1 amide bonds. The number of amides is 1. The zero-order valence-corrected chi connectivity index (χ0v) is 9.02. The van der Waals surface area contributed by atoms with Gasteiger partial charge in [-0.15, -0.1) is 0 Å². The number of aliphatic hydroxyl groups excluding tert-OH is 2. The van der Waals surface area contributed by atoms with E-state index in [4.69, 9.17) is 5.73 Å². The van der Waals surface area contributed by atoms with Crippen LogP contribution in [0.1, 0.15) is 22.0 Å². The monoisotopic (exact) mass is 254 g/mol. The number of aldehydes is 1. The number of carbonyl (C=O) groups is 2. The fraction of sp³-hybridized carbons (Fsp3) is 0.200. The third-order valence-electron chi connectivity index (χ3n) is 2.31. The van der Waals surface area contributed by atoms with Crippen molar-refractivity contribution in [3.8, 4) is 0 Å². The molecule has 0 aliphatic carbocycles. The van der Waals surface area contributed by atoms with Gasteiger partial charge in [0.1, 0.15) is 6.10 Å². The van der Waals surface area contributed by atoms with Gasteiger partial charge in [-0.25, -0.2) is 0 Å². The van der Waals surface area contributed by atoms with Gasteiger partial charge in [-0.2, -0.15) is 0 Å². The molecule has 1 aromatic rings. The molecule has 0 saturated carbocycles. The molecule has 0 fully saturated rings. The van der Waals surface area contributed by atoms with Gasteiger partial charge in [-0.3, -0.25) is 19.7 Å². The predicted molar refractivity (Wildman–Crippen MR) is 58.6 cm³/mol. The van der Waals surface area contributed by atoms with Crippen molar-refractivity contribution in [2.75, 3.05) is 0 Å². The van der Waals surface area contributed by atoms with E-state index in [0.29, 0.717) is 0 Å². The van der Waals surface area contributed by atoms with Gasteiger partial charge in [-0.1, -0.05) is 0 Å². The fourth-order valence-corrected chi connectivity index (χ4v) is 1.36. The van der Waals surface area contributed by atoms with Crippen molar-refractivity contribution in [1.82, 2.24) is 0 Å². The van der Waals surface area contributed by atoms with E-state index >= 15 is 0 Å². The summed E-state index contributed by atoms with van der Waals surface area (Å²) in [7, 11) is 0. The largest absolute Gasteiger partial charge is 0.385 e. The summed E-state index contributed by atoms with van der Waals surface area (Å²) in [5.41, 5.74) is 4.07. The van der Waals surface area contributed by atoms with E-state index in [2.05, 4.69) is 0 Å². The Bertz CT molecular complexity index is 501.